The van der Waals surface area contributed by atoms with Gasteiger partial charge in [0.05, 0.1) is 12.6 Å². The summed E-state index contributed by atoms with van der Waals surface area (Å²) in [6, 6.07) is 6.90. The molecule has 0 aromatic carbocycles. The summed E-state index contributed by atoms with van der Waals surface area (Å²) in [5, 5.41) is 16.2. The number of pyridine rings is 1. The molecule has 0 amide bonds. The summed E-state index contributed by atoms with van der Waals surface area (Å²) in [7, 11) is 0. The number of nitrogens with one attached hydrogen (secondary N) is 1. The van der Waals surface area contributed by atoms with Crippen molar-refractivity contribution in [2.24, 2.45) is 0 Å². The predicted octanol–water partition coefficient (Wildman–Crippen LogP) is -1.07. The third-order valence-corrected chi connectivity index (χ3v) is 3.51. The highest BCUT2D eigenvalue weighted by Crippen LogP contribution is 2.03. The topological polar surface area (TPSA) is 95.4 Å². The van der Waals surface area contributed by atoms with Crippen LogP contribution in [0.2, 0.25) is 0 Å². The molecule has 3 heterocycles. The predicted molar refractivity (Wildman–Crippen MR) is 73.9 cm³/mol. The van der Waals surface area contributed by atoms with Crippen LogP contribution in [-0.2, 0) is 0 Å². The van der Waals surface area contributed by atoms with Gasteiger partial charge in [0, 0.05) is 25.8 Å². The molecule has 2 aromatic rings. The van der Waals surface area contributed by atoms with Gasteiger partial charge in [-0.3, -0.25) is 9.69 Å². The summed E-state index contributed by atoms with van der Waals surface area (Å²) in [5.41, 5.74) is -0.0627. The highest BCUT2D eigenvalue weighted by atomic mass is 16.2. The minimum Gasteiger partial charge on any atom is -0.313 e. The molecule has 2 aromatic heterocycles. The zero-order chi connectivity index (χ0) is 14.8. The van der Waals surface area contributed by atoms with Gasteiger partial charge in [0.15, 0.2) is 5.65 Å². The number of hydrogen-bond donors (Lipinski definition) is 1. The Hall–Kier alpha value is -2.50. The maximum absolute atomic E-state index is 12.3. The minimum absolute atomic E-state index is 0.00367. The lowest BCUT2D eigenvalue weighted by atomic mass is 10.2. The molecule has 0 aliphatic carbocycles. The van der Waals surface area contributed by atoms with Gasteiger partial charge < -0.3 is 5.32 Å². The molecule has 108 valence electrons. The number of aromatic nitrogens is 3. The summed E-state index contributed by atoms with van der Waals surface area (Å²) >= 11 is 0. The summed E-state index contributed by atoms with van der Waals surface area (Å²) in [4.78, 5) is 26.1. The minimum atomic E-state index is -0.487. The van der Waals surface area contributed by atoms with Crippen LogP contribution in [0.25, 0.3) is 5.65 Å². The van der Waals surface area contributed by atoms with E-state index in [9.17, 15) is 9.59 Å². The van der Waals surface area contributed by atoms with E-state index in [2.05, 4.69) is 16.5 Å². The number of nitrogens with zero attached hydrogens (tertiary/aromatic N) is 5. The zero-order valence-corrected chi connectivity index (χ0v) is 11.3. The molecule has 3 rings (SSSR count). The quantitative estimate of drug-likeness (QED) is 0.755. The van der Waals surface area contributed by atoms with Crippen molar-refractivity contribution in [2.45, 2.75) is 6.04 Å². The van der Waals surface area contributed by atoms with Crippen molar-refractivity contribution in [1.82, 2.24) is 24.4 Å². The van der Waals surface area contributed by atoms with Crippen molar-refractivity contribution < 1.29 is 4.79 Å². The lowest BCUT2D eigenvalue weighted by Gasteiger charge is -2.30. The van der Waals surface area contributed by atoms with Crippen LogP contribution in [0, 0.1) is 11.3 Å². The highest BCUT2D eigenvalue weighted by Gasteiger charge is 2.25. The van der Waals surface area contributed by atoms with Crippen molar-refractivity contribution in [1.29, 1.82) is 5.26 Å². The van der Waals surface area contributed by atoms with Gasteiger partial charge in [-0.15, -0.1) is 9.78 Å². The monoisotopic (exact) mass is 286 g/mol. The fraction of sp³-hybridized carbons (Fsp3) is 0.385. The molecule has 0 radical (unpaired) electrons. The van der Waals surface area contributed by atoms with Crippen LogP contribution in [0.15, 0.2) is 29.2 Å². The number of carbonyl (C=O) groups is 1. The average molecular weight is 286 g/mol. The highest BCUT2D eigenvalue weighted by molar-refractivity contribution is 5.80. The first kappa shape index (κ1) is 13.5. The number of rotatable bonds is 2. The van der Waals surface area contributed by atoms with Crippen molar-refractivity contribution in [3.05, 3.63) is 34.9 Å². The molecule has 1 fully saturated rings. The van der Waals surface area contributed by atoms with Gasteiger partial charge >= 0.3 is 5.69 Å². The summed E-state index contributed by atoms with van der Waals surface area (Å²) in [6.07, 6.45) is 1.57. The SMILES string of the molecule is N#CC1CNCCN1CC(=O)n1nc2ccccn2c1=O. The Balaban J connectivity index is 1.86. The Labute approximate surface area is 120 Å². The fourth-order valence-corrected chi connectivity index (χ4v) is 2.39. The largest absolute Gasteiger partial charge is 0.357 e. The van der Waals surface area contributed by atoms with E-state index in [1.165, 1.54) is 4.40 Å². The van der Waals surface area contributed by atoms with Crippen LogP contribution in [0.1, 0.15) is 4.79 Å². The third kappa shape index (κ3) is 2.44. The van der Waals surface area contributed by atoms with Gasteiger partial charge in [-0.2, -0.15) is 5.26 Å². The molecule has 1 N–H and O–H groups in total. The Morgan fingerprint density at radius 3 is 3.14 bits per heavy atom. The molecule has 1 aliphatic rings. The van der Waals surface area contributed by atoms with Gasteiger partial charge in [0.25, 0.3) is 5.91 Å². The van der Waals surface area contributed by atoms with Crippen LogP contribution in [0.4, 0.5) is 0 Å². The summed E-state index contributed by atoms with van der Waals surface area (Å²) in [5.74, 6) is -0.425. The standard InChI is InChI=1S/C13H14N6O2/c14-7-10-8-15-4-6-17(10)9-12(20)19-13(21)18-5-2-1-3-11(18)16-19/h1-3,5,10,15H,4,6,8-9H2. The Morgan fingerprint density at radius 1 is 1.52 bits per heavy atom. The van der Waals surface area contributed by atoms with E-state index in [-0.39, 0.29) is 12.6 Å². The molecule has 0 bridgehead atoms. The fourth-order valence-electron chi connectivity index (χ4n) is 2.39. The third-order valence-electron chi connectivity index (χ3n) is 3.51. The van der Waals surface area contributed by atoms with E-state index in [1.807, 2.05) is 0 Å². The van der Waals surface area contributed by atoms with Crippen molar-refractivity contribution in [2.75, 3.05) is 26.2 Å². The lowest BCUT2D eigenvalue weighted by molar-refractivity contribution is 0.0792. The molecule has 0 spiro atoms. The van der Waals surface area contributed by atoms with Crippen LogP contribution >= 0.6 is 0 Å². The van der Waals surface area contributed by atoms with E-state index < -0.39 is 11.6 Å². The van der Waals surface area contributed by atoms with E-state index in [1.54, 1.807) is 29.3 Å². The second-order valence-corrected chi connectivity index (χ2v) is 4.84. The normalized spacial score (nSPS) is 19.5. The molecule has 8 nitrogen and oxygen atoms in total. The maximum Gasteiger partial charge on any atom is 0.357 e. The number of hydrogen-bond acceptors (Lipinski definition) is 6. The molecule has 1 saturated heterocycles. The summed E-state index contributed by atoms with van der Waals surface area (Å²) < 4.78 is 2.18. The number of carbonyl (C=O) groups excluding carboxylic acids is 1. The summed E-state index contributed by atoms with van der Waals surface area (Å²) in [6.45, 7) is 1.82. The van der Waals surface area contributed by atoms with Gasteiger partial charge in [0.2, 0.25) is 0 Å². The number of nitriles is 1. The van der Waals surface area contributed by atoms with Gasteiger partial charge in [-0.05, 0) is 12.1 Å². The van der Waals surface area contributed by atoms with E-state index in [0.717, 1.165) is 4.68 Å². The first-order valence-electron chi connectivity index (χ1n) is 6.65. The molecule has 8 heteroatoms. The molecule has 0 saturated carbocycles. The molecule has 1 unspecified atom stereocenters. The van der Waals surface area contributed by atoms with Crippen LogP contribution in [-0.4, -0.2) is 57.2 Å². The van der Waals surface area contributed by atoms with E-state index in [4.69, 9.17) is 5.26 Å². The second-order valence-electron chi connectivity index (χ2n) is 4.84. The van der Waals surface area contributed by atoms with Gasteiger partial charge in [-0.1, -0.05) is 6.07 Å². The first-order valence-corrected chi connectivity index (χ1v) is 6.65. The van der Waals surface area contributed by atoms with Crippen LogP contribution < -0.4 is 11.0 Å². The Kier molecular flexibility index (Phi) is 3.51. The second kappa shape index (κ2) is 5.47. The van der Waals surface area contributed by atoms with E-state index in [0.29, 0.717) is 25.3 Å². The molecular formula is C13H14N6O2. The first-order chi connectivity index (χ1) is 10.2. The Bertz CT molecular complexity index is 771. The molecule has 1 aliphatic heterocycles. The van der Waals surface area contributed by atoms with Crippen molar-refractivity contribution in [3.63, 3.8) is 0 Å². The molecular weight excluding hydrogens is 272 g/mol. The average Bonchev–Trinajstić information content (AvgIpc) is 2.85. The number of fused-ring (bicyclic) bond motifs is 1. The smallest absolute Gasteiger partial charge is 0.313 e. The Morgan fingerprint density at radius 2 is 2.38 bits per heavy atom. The molecule has 1 atom stereocenters. The van der Waals surface area contributed by atoms with Crippen LogP contribution in [0.3, 0.4) is 0 Å². The van der Waals surface area contributed by atoms with Crippen molar-refractivity contribution >= 4 is 11.6 Å². The van der Waals surface area contributed by atoms with E-state index >= 15 is 0 Å². The van der Waals surface area contributed by atoms with Gasteiger partial charge in [-0.25, -0.2) is 9.20 Å². The van der Waals surface area contributed by atoms with Crippen molar-refractivity contribution in [3.8, 4) is 6.07 Å². The number of piperazine rings is 1. The zero-order valence-electron chi connectivity index (χ0n) is 11.3. The maximum atomic E-state index is 12.3. The molecule has 21 heavy (non-hydrogen) atoms. The van der Waals surface area contributed by atoms with Crippen LogP contribution in [0.5, 0.6) is 0 Å². The lowest BCUT2D eigenvalue weighted by Crippen LogP contribution is -2.53. The van der Waals surface area contributed by atoms with Gasteiger partial charge in [0.1, 0.15) is 6.04 Å².